The summed E-state index contributed by atoms with van der Waals surface area (Å²) in [6.07, 6.45) is 0.397. The van der Waals surface area contributed by atoms with Crippen LogP contribution in [-0.4, -0.2) is 46.4 Å². The van der Waals surface area contributed by atoms with E-state index < -0.39 is 12.0 Å². The Morgan fingerprint density at radius 2 is 2.14 bits per heavy atom. The highest BCUT2D eigenvalue weighted by molar-refractivity contribution is 9.09. The Kier molecular flexibility index (Phi) is 5.76. The van der Waals surface area contributed by atoms with Gasteiger partial charge in [-0.15, -0.1) is 0 Å². The van der Waals surface area contributed by atoms with Crippen molar-refractivity contribution in [1.82, 2.24) is 4.90 Å². The lowest BCUT2D eigenvalue weighted by molar-refractivity contribution is -0.151. The van der Waals surface area contributed by atoms with E-state index in [0.717, 1.165) is 5.56 Å². The number of hydrogen-bond acceptors (Lipinski definition) is 3. The molecule has 0 saturated carbocycles. The Labute approximate surface area is 132 Å². The molecule has 2 rings (SSSR count). The number of hydrogen-bond donors (Lipinski definition) is 1. The zero-order valence-corrected chi connectivity index (χ0v) is 13.2. The van der Waals surface area contributed by atoms with Gasteiger partial charge in [0, 0.05) is 18.3 Å². The molecule has 0 bridgehead atoms. The number of ether oxygens (including phenoxy) is 1. The molecule has 1 aromatic rings. The van der Waals surface area contributed by atoms with Crippen molar-refractivity contribution in [3.05, 3.63) is 35.9 Å². The van der Waals surface area contributed by atoms with Crippen LogP contribution in [0.3, 0.4) is 0 Å². The normalized spacial score (nSPS) is 19.8. The van der Waals surface area contributed by atoms with Gasteiger partial charge in [0.2, 0.25) is 5.91 Å². The molecular weight excluding hydrogens is 338 g/mol. The predicted molar refractivity (Wildman–Crippen MR) is 81.1 cm³/mol. The monoisotopic (exact) mass is 355 g/mol. The van der Waals surface area contributed by atoms with E-state index in [4.69, 9.17) is 4.74 Å². The summed E-state index contributed by atoms with van der Waals surface area (Å²) >= 11 is 3.34. The van der Waals surface area contributed by atoms with Crippen LogP contribution in [0.15, 0.2) is 30.3 Å². The smallest absolute Gasteiger partial charge is 0.328 e. The van der Waals surface area contributed by atoms with Crippen molar-refractivity contribution in [2.75, 3.05) is 18.5 Å². The molecule has 1 amide bonds. The summed E-state index contributed by atoms with van der Waals surface area (Å²) in [6.45, 7) is 0.815. The first-order chi connectivity index (χ1) is 10.1. The van der Waals surface area contributed by atoms with Crippen LogP contribution >= 0.6 is 15.9 Å². The highest BCUT2D eigenvalue weighted by atomic mass is 79.9. The number of likely N-dealkylation sites (tertiary alicyclic amines) is 1. The van der Waals surface area contributed by atoms with Gasteiger partial charge in [0.05, 0.1) is 13.2 Å². The fourth-order valence-corrected chi connectivity index (χ4v) is 2.80. The van der Waals surface area contributed by atoms with Crippen molar-refractivity contribution in [2.45, 2.75) is 19.1 Å². The lowest BCUT2D eigenvalue weighted by Gasteiger charge is -2.24. The molecule has 2 atom stereocenters. The van der Waals surface area contributed by atoms with E-state index in [-0.39, 0.29) is 18.4 Å². The van der Waals surface area contributed by atoms with Crippen molar-refractivity contribution < 1.29 is 19.4 Å². The molecule has 1 heterocycles. The van der Waals surface area contributed by atoms with Gasteiger partial charge >= 0.3 is 5.97 Å². The van der Waals surface area contributed by atoms with Gasteiger partial charge in [-0.05, 0) is 11.5 Å². The fourth-order valence-electron chi connectivity index (χ4n) is 2.37. The molecule has 5 nitrogen and oxygen atoms in total. The van der Waals surface area contributed by atoms with E-state index >= 15 is 0 Å². The minimum absolute atomic E-state index is 0.00493. The quantitative estimate of drug-likeness (QED) is 0.758. The summed E-state index contributed by atoms with van der Waals surface area (Å²) in [5.74, 6) is -0.963. The lowest BCUT2D eigenvalue weighted by Crippen LogP contribution is -2.45. The number of rotatable bonds is 7. The van der Waals surface area contributed by atoms with Gasteiger partial charge in [-0.3, -0.25) is 4.79 Å². The Morgan fingerprint density at radius 3 is 2.71 bits per heavy atom. The Morgan fingerprint density at radius 1 is 1.43 bits per heavy atom. The van der Waals surface area contributed by atoms with Gasteiger partial charge in [-0.25, -0.2) is 4.79 Å². The maximum absolute atomic E-state index is 11.9. The van der Waals surface area contributed by atoms with Gasteiger partial charge < -0.3 is 14.7 Å². The Balaban J connectivity index is 1.91. The molecule has 1 aliphatic rings. The van der Waals surface area contributed by atoms with E-state index in [0.29, 0.717) is 24.9 Å². The molecule has 21 heavy (non-hydrogen) atoms. The molecule has 0 aliphatic carbocycles. The van der Waals surface area contributed by atoms with Crippen molar-refractivity contribution in [2.24, 2.45) is 5.92 Å². The lowest BCUT2D eigenvalue weighted by atomic mass is 10.2. The molecular formula is C15H18BrNO4. The average Bonchev–Trinajstić information content (AvgIpc) is 2.85. The number of carboxylic acids is 1. The maximum atomic E-state index is 11.9. The van der Waals surface area contributed by atoms with Gasteiger partial charge in [-0.1, -0.05) is 46.3 Å². The second-order valence-corrected chi connectivity index (χ2v) is 5.77. The van der Waals surface area contributed by atoms with Crippen LogP contribution in [0, 0.1) is 5.92 Å². The van der Waals surface area contributed by atoms with Crippen molar-refractivity contribution in [3.63, 3.8) is 0 Å². The molecule has 6 heteroatoms. The molecule has 0 radical (unpaired) electrons. The van der Waals surface area contributed by atoms with Crippen LogP contribution in [-0.2, 0) is 20.9 Å². The highest BCUT2D eigenvalue weighted by Crippen LogP contribution is 2.22. The maximum Gasteiger partial charge on any atom is 0.328 e. The van der Waals surface area contributed by atoms with Crippen LogP contribution in [0.2, 0.25) is 0 Å². The number of aliphatic carboxylic acids is 1. The number of nitrogens with zero attached hydrogens (tertiary/aromatic N) is 1. The third kappa shape index (κ3) is 4.28. The molecule has 0 spiro atoms. The van der Waals surface area contributed by atoms with E-state index in [9.17, 15) is 14.7 Å². The number of amides is 1. The molecule has 114 valence electrons. The average molecular weight is 356 g/mol. The topological polar surface area (TPSA) is 66.8 Å². The third-order valence-corrected chi connectivity index (χ3v) is 4.42. The summed E-state index contributed by atoms with van der Waals surface area (Å²) in [6, 6.07) is 8.63. The first-order valence-electron chi connectivity index (χ1n) is 6.81. The number of carbonyl (C=O) groups excluding carboxylic acids is 1. The van der Waals surface area contributed by atoms with Gasteiger partial charge in [0.15, 0.2) is 6.04 Å². The molecule has 1 aliphatic heterocycles. The summed E-state index contributed by atoms with van der Waals surface area (Å²) < 4.78 is 5.49. The Hall–Kier alpha value is -1.40. The minimum atomic E-state index is -1.02. The number of halogens is 1. The summed E-state index contributed by atoms with van der Waals surface area (Å²) in [4.78, 5) is 24.7. The van der Waals surface area contributed by atoms with E-state index in [1.165, 1.54) is 4.90 Å². The zero-order chi connectivity index (χ0) is 15.2. The Bertz CT molecular complexity index is 494. The van der Waals surface area contributed by atoms with Crippen LogP contribution in [0.4, 0.5) is 0 Å². The molecule has 1 fully saturated rings. The van der Waals surface area contributed by atoms with E-state index in [1.54, 1.807) is 0 Å². The second kappa shape index (κ2) is 7.56. The summed E-state index contributed by atoms with van der Waals surface area (Å²) in [5, 5.41) is 10.0. The predicted octanol–water partition coefficient (Wildman–Crippen LogP) is 1.90. The molecule has 0 aromatic heterocycles. The summed E-state index contributed by atoms with van der Waals surface area (Å²) in [7, 11) is 0. The largest absolute Gasteiger partial charge is 0.480 e. The highest BCUT2D eigenvalue weighted by Gasteiger charge is 2.37. The second-order valence-electron chi connectivity index (χ2n) is 5.13. The van der Waals surface area contributed by atoms with Crippen LogP contribution in [0.1, 0.15) is 12.0 Å². The first-order valence-corrected chi connectivity index (χ1v) is 7.94. The minimum Gasteiger partial charge on any atom is -0.480 e. The molecule has 1 unspecified atom stereocenters. The first kappa shape index (κ1) is 16.0. The number of alkyl halides is 1. The van der Waals surface area contributed by atoms with Gasteiger partial charge in [0.1, 0.15) is 0 Å². The fraction of sp³-hybridized carbons (Fsp3) is 0.467. The van der Waals surface area contributed by atoms with Gasteiger partial charge in [0.25, 0.3) is 0 Å². The third-order valence-electron chi connectivity index (χ3n) is 3.51. The zero-order valence-electron chi connectivity index (χ0n) is 11.6. The van der Waals surface area contributed by atoms with E-state index in [1.807, 2.05) is 30.3 Å². The molecule has 1 N–H and O–H groups in total. The SMILES string of the molecule is O=C(O)[C@H](COCc1ccccc1)N1CC(CBr)CC1=O. The number of carboxylic acid groups (broad SMARTS) is 1. The van der Waals surface area contributed by atoms with E-state index in [2.05, 4.69) is 15.9 Å². The number of carbonyl (C=O) groups is 2. The van der Waals surface area contributed by atoms with Gasteiger partial charge in [-0.2, -0.15) is 0 Å². The van der Waals surface area contributed by atoms with Crippen LogP contribution in [0.5, 0.6) is 0 Å². The van der Waals surface area contributed by atoms with Crippen molar-refractivity contribution in [3.8, 4) is 0 Å². The molecule has 1 aromatic carbocycles. The molecule has 1 saturated heterocycles. The van der Waals surface area contributed by atoms with Crippen LogP contribution < -0.4 is 0 Å². The standard InChI is InChI=1S/C15H18BrNO4/c16-7-12-6-14(18)17(8-12)13(15(19)20)10-21-9-11-4-2-1-3-5-11/h1-5,12-13H,6-10H2,(H,19,20)/t12?,13-/m0/s1. The summed E-state index contributed by atoms with van der Waals surface area (Å²) in [5.41, 5.74) is 0.979. The number of benzene rings is 1. The van der Waals surface area contributed by atoms with Crippen molar-refractivity contribution >= 4 is 27.8 Å². The van der Waals surface area contributed by atoms with Crippen molar-refractivity contribution in [1.29, 1.82) is 0 Å². The van der Waals surface area contributed by atoms with Crippen LogP contribution in [0.25, 0.3) is 0 Å².